The monoisotopic (exact) mass is 204 g/mol. The summed E-state index contributed by atoms with van der Waals surface area (Å²) in [4.78, 5) is 13.1. The molecule has 0 heterocycles. The zero-order valence-electron chi connectivity index (χ0n) is 8.05. The lowest BCUT2D eigenvalue weighted by molar-refractivity contribution is 0.207. The van der Waals surface area contributed by atoms with Crippen molar-refractivity contribution in [1.82, 2.24) is 10.2 Å². The summed E-state index contributed by atoms with van der Waals surface area (Å²) in [5.41, 5.74) is 0. The van der Waals surface area contributed by atoms with Gasteiger partial charge in [-0.15, -0.1) is 11.6 Å². The van der Waals surface area contributed by atoms with Crippen molar-refractivity contribution >= 4 is 17.6 Å². The molecule has 2 amide bonds. The van der Waals surface area contributed by atoms with Crippen molar-refractivity contribution in [2.75, 3.05) is 19.5 Å². The number of rotatable bonds is 3. The van der Waals surface area contributed by atoms with Gasteiger partial charge < -0.3 is 10.2 Å². The van der Waals surface area contributed by atoms with Gasteiger partial charge in [0.2, 0.25) is 0 Å². The zero-order valence-corrected chi connectivity index (χ0v) is 8.81. The van der Waals surface area contributed by atoms with E-state index in [1.807, 2.05) is 0 Å². The third-order valence-corrected chi connectivity index (χ3v) is 2.62. The summed E-state index contributed by atoms with van der Waals surface area (Å²) in [5, 5.41) is 2.99. The van der Waals surface area contributed by atoms with Gasteiger partial charge in [-0.2, -0.15) is 0 Å². The molecular formula is C9H17ClN2O. The molecule has 1 N–H and O–H groups in total. The SMILES string of the molecule is CN(CCCl)C(=O)NC1CCCC1. The second kappa shape index (κ2) is 5.32. The number of urea groups is 1. The highest BCUT2D eigenvalue weighted by Crippen LogP contribution is 2.17. The predicted molar refractivity (Wildman–Crippen MR) is 54.1 cm³/mol. The van der Waals surface area contributed by atoms with E-state index in [2.05, 4.69) is 5.32 Å². The predicted octanol–water partition coefficient (Wildman–Crippen LogP) is 1.81. The van der Waals surface area contributed by atoms with E-state index in [-0.39, 0.29) is 6.03 Å². The Morgan fingerprint density at radius 2 is 2.15 bits per heavy atom. The Morgan fingerprint density at radius 3 is 2.69 bits per heavy atom. The Labute approximate surface area is 84.4 Å². The maximum Gasteiger partial charge on any atom is 0.317 e. The molecule has 0 aromatic carbocycles. The molecular weight excluding hydrogens is 188 g/mol. The van der Waals surface area contributed by atoms with Crippen LogP contribution in [0.1, 0.15) is 25.7 Å². The smallest absolute Gasteiger partial charge is 0.317 e. The maximum atomic E-state index is 11.4. The quantitative estimate of drug-likeness (QED) is 0.699. The number of nitrogens with one attached hydrogen (secondary N) is 1. The van der Waals surface area contributed by atoms with Crippen LogP contribution in [0.2, 0.25) is 0 Å². The number of carbonyl (C=O) groups excluding carboxylic acids is 1. The third kappa shape index (κ3) is 3.43. The minimum Gasteiger partial charge on any atom is -0.335 e. The van der Waals surface area contributed by atoms with E-state index in [9.17, 15) is 4.79 Å². The van der Waals surface area contributed by atoms with Crippen molar-refractivity contribution in [2.45, 2.75) is 31.7 Å². The molecule has 0 aromatic rings. The third-order valence-electron chi connectivity index (χ3n) is 2.45. The molecule has 1 fully saturated rings. The van der Waals surface area contributed by atoms with Crippen LogP contribution in [0.4, 0.5) is 4.79 Å². The largest absolute Gasteiger partial charge is 0.335 e. The van der Waals surface area contributed by atoms with Crippen molar-refractivity contribution in [1.29, 1.82) is 0 Å². The van der Waals surface area contributed by atoms with Crippen LogP contribution in [-0.2, 0) is 0 Å². The average Bonchev–Trinajstić information content (AvgIpc) is 2.57. The van der Waals surface area contributed by atoms with E-state index in [0.29, 0.717) is 18.5 Å². The van der Waals surface area contributed by atoms with Crippen LogP contribution in [0.5, 0.6) is 0 Å². The van der Waals surface area contributed by atoms with E-state index in [4.69, 9.17) is 11.6 Å². The lowest BCUT2D eigenvalue weighted by atomic mass is 10.2. The fourth-order valence-electron chi connectivity index (χ4n) is 1.58. The first-order valence-electron chi connectivity index (χ1n) is 4.81. The number of nitrogens with zero attached hydrogens (tertiary/aromatic N) is 1. The minimum atomic E-state index is 0.00699. The summed E-state index contributed by atoms with van der Waals surface area (Å²) in [6, 6.07) is 0.401. The van der Waals surface area contributed by atoms with Gasteiger partial charge >= 0.3 is 6.03 Å². The van der Waals surface area contributed by atoms with Crippen LogP contribution < -0.4 is 5.32 Å². The Bertz CT molecular complexity index is 169. The van der Waals surface area contributed by atoms with Gasteiger partial charge in [0.1, 0.15) is 0 Å². The molecule has 13 heavy (non-hydrogen) atoms. The molecule has 0 saturated heterocycles. The van der Waals surface area contributed by atoms with E-state index in [1.165, 1.54) is 12.8 Å². The summed E-state index contributed by atoms with van der Waals surface area (Å²) in [6.45, 7) is 0.611. The topological polar surface area (TPSA) is 32.3 Å². The Hall–Kier alpha value is -0.440. The van der Waals surface area contributed by atoms with Crippen molar-refractivity contribution in [2.24, 2.45) is 0 Å². The highest BCUT2D eigenvalue weighted by molar-refractivity contribution is 6.18. The van der Waals surface area contributed by atoms with Gasteiger partial charge in [0.25, 0.3) is 0 Å². The Balaban J connectivity index is 2.22. The van der Waals surface area contributed by atoms with Crippen molar-refractivity contribution in [3.05, 3.63) is 0 Å². The van der Waals surface area contributed by atoms with E-state index >= 15 is 0 Å². The van der Waals surface area contributed by atoms with Gasteiger partial charge in [0.05, 0.1) is 0 Å². The molecule has 0 aliphatic heterocycles. The van der Waals surface area contributed by atoms with Crippen molar-refractivity contribution in [3.63, 3.8) is 0 Å². The van der Waals surface area contributed by atoms with Crippen LogP contribution >= 0.6 is 11.6 Å². The summed E-state index contributed by atoms with van der Waals surface area (Å²) < 4.78 is 0. The first-order valence-corrected chi connectivity index (χ1v) is 5.35. The van der Waals surface area contributed by atoms with Gasteiger partial charge in [0, 0.05) is 25.5 Å². The molecule has 0 spiro atoms. The number of hydrogen-bond donors (Lipinski definition) is 1. The number of amides is 2. The van der Waals surface area contributed by atoms with E-state index < -0.39 is 0 Å². The fourth-order valence-corrected chi connectivity index (χ4v) is 1.84. The van der Waals surface area contributed by atoms with Gasteiger partial charge in [0.15, 0.2) is 0 Å². The number of carbonyl (C=O) groups is 1. The van der Waals surface area contributed by atoms with Crippen LogP contribution in [0.15, 0.2) is 0 Å². The van der Waals surface area contributed by atoms with Crippen LogP contribution in [-0.4, -0.2) is 36.4 Å². The molecule has 1 rings (SSSR count). The van der Waals surface area contributed by atoms with Gasteiger partial charge in [-0.3, -0.25) is 0 Å². The molecule has 0 unspecified atom stereocenters. The molecule has 3 nitrogen and oxygen atoms in total. The summed E-state index contributed by atoms with van der Waals surface area (Å²) in [5.74, 6) is 0.495. The lowest BCUT2D eigenvalue weighted by Gasteiger charge is -2.19. The number of halogens is 1. The lowest BCUT2D eigenvalue weighted by Crippen LogP contribution is -2.42. The Kier molecular flexibility index (Phi) is 4.36. The second-order valence-corrected chi connectivity index (χ2v) is 3.92. The Morgan fingerprint density at radius 1 is 1.54 bits per heavy atom. The van der Waals surface area contributed by atoms with Gasteiger partial charge in [-0.1, -0.05) is 12.8 Å². The second-order valence-electron chi connectivity index (χ2n) is 3.54. The highest BCUT2D eigenvalue weighted by atomic mass is 35.5. The number of hydrogen-bond acceptors (Lipinski definition) is 1. The molecule has 0 radical (unpaired) electrons. The fraction of sp³-hybridized carbons (Fsp3) is 0.889. The molecule has 0 atom stereocenters. The molecule has 76 valence electrons. The molecule has 1 saturated carbocycles. The number of alkyl halides is 1. The van der Waals surface area contributed by atoms with E-state index in [0.717, 1.165) is 12.8 Å². The van der Waals surface area contributed by atoms with Gasteiger partial charge in [-0.25, -0.2) is 4.79 Å². The van der Waals surface area contributed by atoms with E-state index in [1.54, 1.807) is 11.9 Å². The summed E-state index contributed by atoms with van der Waals surface area (Å²) in [7, 11) is 1.77. The first-order chi connectivity index (χ1) is 6.24. The van der Waals surface area contributed by atoms with Crippen LogP contribution in [0.25, 0.3) is 0 Å². The van der Waals surface area contributed by atoms with Crippen LogP contribution in [0, 0.1) is 0 Å². The summed E-state index contributed by atoms with van der Waals surface area (Å²) in [6.07, 6.45) is 4.73. The molecule has 0 bridgehead atoms. The summed E-state index contributed by atoms with van der Waals surface area (Å²) >= 11 is 5.54. The molecule has 1 aliphatic carbocycles. The van der Waals surface area contributed by atoms with Crippen molar-refractivity contribution < 1.29 is 4.79 Å². The zero-order chi connectivity index (χ0) is 9.68. The average molecular weight is 205 g/mol. The minimum absolute atomic E-state index is 0.00699. The molecule has 4 heteroatoms. The standard InChI is InChI=1S/C9H17ClN2O/c1-12(7-6-10)9(13)11-8-4-2-3-5-8/h8H,2-7H2,1H3,(H,11,13). The highest BCUT2D eigenvalue weighted by Gasteiger charge is 2.18. The first kappa shape index (κ1) is 10.6. The van der Waals surface area contributed by atoms with Crippen LogP contribution in [0.3, 0.4) is 0 Å². The van der Waals surface area contributed by atoms with Gasteiger partial charge in [-0.05, 0) is 12.8 Å². The van der Waals surface area contributed by atoms with Crippen molar-refractivity contribution in [3.8, 4) is 0 Å². The normalized spacial score (nSPS) is 17.4. The molecule has 0 aromatic heterocycles. The maximum absolute atomic E-state index is 11.4. The molecule has 1 aliphatic rings.